The molecule has 2 aliphatic rings. The first-order valence-electron chi connectivity index (χ1n) is 12.0. The SMILES string of the molecule is O=C(O)COc1ccc(C=CC(=O)N2CCc3c([nH]c4ccccc34)C2c2ccc3c(c2)OCO3)cc1. The Labute approximate surface area is 212 Å². The van der Waals surface area contributed by atoms with E-state index in [1.807, 2.05) is 35.2 Å². The predicted molar refractivity (Wildman–Crippen MR) is 137 cm³/mol. The molecule has 0 saturated carbocycles. The Hall–Kier alpha value is -4.72. The number of nitrogens with zero attached hydrogens (tertiary/aromatic N) is 1. The standard InChI is InChI=1S/C29H24N2O6/c32-26(12-7-18-5-9-20(10-6-18)35-16-27(33)34)31-14-13-22-21-3-1-2-4-23(21)30-28(22)29(31)19-8-11-24-25(15-19)37-17-36-24/h1-12,15,29-30H,13-14,16-17H2,(H,33,34). The Kier molecular flexibility index (Phi) is 5.76. The lowest BCUT2D eigenvalue weighted by molar-refractivity contribution is -0.139. The lowest BCUT2D eigenvalue weighted by Gasteiger charge is -2.35. The summed E-state index contributed by atoms with van der Waals surface area (Å²) in [6.45, 7) is 0.353. The van der Waals surface area contributed by atoms with Gasteiger partial charge < -0.3 is 29.2 Å². The zero-order valence-corrected chi connectivity index (χ0v) is 19.8. The van der Waals surface area contributed by atoms with Gasteiger partial charge in [0, 0.05) is 29.2 Å². The number of H-pyrrole nitrogens is 1. The van der Waals surface area contributed by atoms with Crippen molar-refractivity contribution in [1.29, 1.82) is 0 Å². The van der Waals surface area contributed by atoms with Gasteiger partial charge in [0.15, 0.2) is 18.1 Å². The minimum absolute atomic E-state index is 0.113. The van der Waals surface area contributed by atoms with E-state index in [9.17, 15) is 9.59 Å². The van der Waals surface area contributed by atoms with Crippen LogP contribution in [0.15, 0.2) is 72.8 Å². The van der Waals surface area contributed by atoms with Gasteiger partial charge in [0.2, 0.25) is 12.7 Å². The zero-order valence-electron chi connectivity index (χ0n) is 19.8. The van der Waals surface area contributed by atoms with Crippen LogP contribution in [0.4, 0.5) is 0 Å². The largest absolute Gasteiger partial charge is 0.482 e. The van der Waals surface area contributed by atoms with Crippen LogP contribution < -0.4 is 14.2 Å². The number of carbonyl (C=O) groups is 2. The molecule has 8 nitrogen and oxygen atoms in total. The summed E-state index contributed by atoms with van der Waals surface area (Å²) in [5.74, 6) is 0.680. The van der Waals surface area contributed by atoms with Gasteiger partial charge in [-0.05, 0) is 59.5 Å². The van der Waals surface area contributed by atoms with Crippen LogP contribution >= 0.6 is 0 Å². The van der Waals surface area contributed by atoms with Crippen LogP contribution in [-0.4, -0.2) is 46.8 Å². The van der Waals surface area contributed by atoms with Crippen molar-refractivity contribution in [3.8, 4) is 17.2 Å². The molecule has 3 aromatic carbocycles. The van der Waals surface area contributed by atoms with E-state index >= 15 is 0 Å². The highest BCUT2D eigenvalue weighted by molar-refractivity contribution is 5.93. The quantitative estimate of drug-likeness (QED) is 0.380. The molecule has 1 amide bonds. The summed E-state index contributed by atoms with van der Waals surface area (Å²) < 4.78 is 16.3. The van der Waals surface area contributed by atoms with Crippen molar-refractivity contribution in [1.82, 2.24) is 9.88 Å². The van der Waals surface area contributed by atoms with Crippen LogP contribution in [0, 0.1) is 0 Å². The van der Waals surface area contributed by atoms with E-state index in [0.29, 0.717) is 23.8 Å². The number of carboxylic acids is 1. The number of aromatic nitrogens is 1. The Morgan fingerprint density at radius 1 is 1.05 bits per heavy atom. The Morgan fingerprint density at radius 2 is 1.86 bits per heavy atom. The average Bonchev–Trinajstić information content (AvgIpc) is 3.54. The van der Waals surface area contributed by atoms with Gasteiger partial charge in [-0.2, -0.15) is 0 Å². The molecule has 2 N–H and O–H groups in total. The molecule has 6 rings (SSSR count). The molecule has 0 saturated heterocycles. The maximum atomic E-state index is 13.5. The lowest BCUT2D eigenvalue weighted by atomic mass is 9.92. The number of rotatable bonds is 6. The zero-order chi connectivity index (χ0) is 25.4. The number of aliphatic carboxylic acids is 1. The Bertz CT molecular complexity index is 1520. The predicted octanol–water partition coefficient (Wildman–Crippen LogP) is 4.55. The maximum absolute atomic E-state index is 13.5. The molecule has 0 fully saturated rings. The number of para-hydroxylation sites is 1. The summed E-state index contributed by atoms with van der Waals surface area (Å²) in [6.07, 6.45) is 4.07. The molecule has 0 bridgehead atoms. The highest BCUT2D eigenvalue weighted by Crippen LogP contribution is 2.42. The number of fused-ring (bicyclic) bond motifs is 4. The second-order valence-electron chi connectivity index (χ2n) is 8.94. The molecule has 8 heteroatoms. The monoisotopic (exact) mass is 496 g/mol. The van der Waals surface area contributed by atoms with Crippen LogP contribution in [0.3, 0.4) is 0 Å². The lowest BCUT2D eigenvalue weighted by Crippen LogP contribution is -2.39. The van der Waals surface area contributed by atoms with Gasteiger partial charge in [0.25, 0.3) is 0 Å². The summed E-state index contributed by atoms with van der Waals surface area (Å²) in [5.41, 5.74) is 5.03. The van der Waals surface area contributed by atoms with E-state index in [2.05, 4.69) is 17.1 Å². The summed E-state index contributed by atoms with van der Waals surface area (Å²) in [6, 6.07) is 20.6. The fourth-order valence-corrected chi connectivity index (χ4v) is 4.99. The molecule has 2 aliphatic heterocycles. The normalized spacial score (nSPS) is 16.2. The third-order valence-electron chi connectivity index (χ3n) is 6.69. The number of amides is 1. The molecule has 1 unspecified atom stereocenters. The second-order valence-corrected chi connectivity index (χ2v) is 8.94. The smallest absolute Gasteiger partial charge is 0.341 e. The first-order valence-corrected chi connectivity index (χ1v) is 12.0. The van der Waals surface area contributed by atoms with E-state index in [4.69, 9.17) is 19.3 Å². The number of carboxylic acid groups (broad SMARTS) is 1. The number of hydrogen-bond acceptors (Lipinski definition) is 5. The van der Waals surface area contributed by atoms with Crippen LogP contribution in [0.5, 0.6) is 17.2 Å². The van der Waals surface area contributed by atoms with Crippen LogP contribution in [0.25, 0.3) is 17.0 Å². The highest BCUT2D eigenvalue weighted by atomic mass is 16.7. The van der Waals surface area contributed by atoms with Crippen molar-refractivity contribution < 1.29 is 28.9 Å². The summed E-state index contributed by atoms with van der Waals surface area (Å²) in [4.78, 5) is 29.7. The topological polar surface area (TPSA) is 101 Å². The Morgan fingerprint density at radius 3 is 2.70 bits per heavy atom. The number of benzene rings is 3. The van der Waals surface area contributed by atoms with E-state index in [1.165, 1.54) is 10.9 Å². The highest BCUT2D eigenvalue weighted by Gasteiger charge is 2.34. The van der Waals surface area contributed by atoms with Gasteiger partial charge >= 0.3 is 5.97 Å². The molecule has 3 heterocycles. The molecule has 1 aromatic heterocycles. The van der Waals surface area contributed by atoms with Crippen molar-refractivity contribution >= 4 is 28.9 Å². The van der Waals surface area contributed by atoms with Crippen molar-refractivity contribution in [2.24, 2.45) is 0 Å². The van der Waals surface area contributed by atoms with Crippen LogP contribution in [0.1, 0.15) is 28.4 Å². The second kappa shape index (κ2) is 9.39. The summed E-state index contributed by atoms with van der Waals surface area (Å²) in [7, 11) is 0. The minimum atomic E-state index is -1.04. The van der Waals surface area contributed by atoms with Gasteiger partial charge in [-0.3, -0.25) is 4.79 Å². The molecular formula is C29H24N2O6. The first kappa shape index (κ1) is 22.7. The third-order valence-corrected chi connectivity index (χ3v) is 6.69. The number of nitrogens with one attached hydrogen (secondary N) is 1. The molecular weight excluding hydrogens is 472 g/mol. The van der Waals surface area contributed by atoms with E-state index in [1.54, 1.807) is 36.4 Å². The molecule has 0 spiro atoms. The van der Waals surface area contributed by atoms with E-state index in [0.717, 1.165) is 28.8 Å². The van der Waals surface area contributed by atoms with E-state index in [-0.39, 0.29) is 18.7 Å². The fraction of sp³-hybridized carbons (Fsp3) is 0.172. The number of aromatic amines is 1. The Balaban J connectivity index is 1.31. The molecule has 186 valence electrons. The summed E-state index contributed by atoms with van der Waals surface area (Å²) >= 11 is 0. The van der Waals surface area contributed by atoms with Crippen LogP contribution in [-0.2, 0) is 16.0 Å². The molecule has 4 aromatic rings. The van der Waals surface area contributed by atoms with Crippen molar-refractivity contribution in [3.63, 3.8) is 0 Å². The number of hydrogen-bond donors (Lipinski definition) is 2. The van der Waals surface area contributed by atoms with Crippen molar-refractivity contribution in [2.75, 3.05) is 19.9 Å². The fourth-order valence-electron chi connectivity index (χ4n) is 4.99. The van der Waals surface area contributed by atoms with Gasteiger partial charge in [0.05, 0.1) is 6.04 Å². The average molecular weight is 497 g/mol. The van der Waals surface area contributed by atoms with Gasteiger partial charge in [-0.25, -0.2) is 4.79 Å². The van der Waals surface area contributed by atoms with Gasteiger partial charge in [-0.15, -0.1) is 0 Å². The molecule has 0 aliphatic carbocycles. The van der Waals surface area contributed by atoms with Gasteiger partial charge in [-0.1, -0.05) is 36.4 Å². The van der Waals surface area contributed by atoms with Crippen LogP contribution in [0.2, 0.25) is 0 Å². The van der Waals surface area contributed by atoms with Crippen molar-refractivity contribution in [3.05, 3.63) is 95.2 Å². The van der Waals surface area contributed by atoms with Crippen molar-refractivity contribution in [2.45, 2.75) is 12.5 Å². The maximum Gasteiger partial charge on any atom is 0.341 e. The number of ether oxygens (including phenoxy) is 3. The summed E-state index contributed by atoms with van der Waals surface area (Å²) in [5, 5.41) is 9.93. The third kappa shape index (κ3) is 4.38. The minimum Gasteiger partial charge on any atom is -0.482 e. The molecule has 37 heavy (non-hydrogen) atoms. The van der Waals surface area contributed by atoms with Gasteiger partial charge in [0.1, 0.15) is 5.75 Å². The number of carbonyl (C=O) groups excluding carboxylic acids is 1. The molecule has 0 radical (unpaired) electrons. The van der Waals surface area contributed by atoms with E-state index < -0.39 is 12.6 Å². The first-order chi connectivity index (χ1) is 18.1. The molecule has 1 atom stereocenters.